The number of benzene rings is 3. The number of carbonyl (C=O) groups is 2. The molecule has 154 valence electrons. The van der Waals surface area contributed by atoms with Crippen molar-refractivity contribution in [1.82, 2.24) is 5.43 Å². The first-order chi connectivity index (χ1) is 15.0. The second-order valence-corrected chi connectivity index (χ2v) is 6.71. The molecule has 8 heteroatoms. The fraction of sp³-hybridized carbons (Fsp3) is 0.0435. The fourth-order valence-electron chi connectivity index (χ4n) is 2.54. The SMILES string of the molecule is N#Cc1ccccc1OCC(=O)N/N=C/c1cccc(NC(=O)c2ccc(Cl)cc2)c1. The van der Waals surface area contributed by atoms with E-state index in [-0.39, 0.29) is 12.5 Å². The topological polar surface area (TPSA) is 104 Å². The van der Waals surface area contributed by atoms with E-state index in [1.165, 1.54) is 6.21 Å². The van der Waals surface area contributed by atoms with E-state index in [0.717, 1.165) is 0 Å². The van der Waals surface area contributed by atoms with Crippen LogP contribution in [-0.2, 0) is 4.79 Å². The highest BCUT2D eigenvalue weighted by molar-refractivity contribution is 6.30. The van der Waals surface area contributed by atoms with Gasteiger partial charge in [-0.05, 0) is 54.1 Å². The Balaban J connectivity index is 1.53. The summed E-state index contributed by atoms with van der Waals surface area (Å²) in [6.45, 7) is -0.285. The number of hydrazone groups is 1. The number of carbonyl (C=O) groups excluding carboxylic acids is 2. The van der Waals surface area contributed by atoms with Gasteiger partial charge in [0.05, 0.1) is 11.8 Å². The average molecular weight is 433 g/mol. The number of halogens is 1. The average Bonchev–Trinajstić information content (AvgIpc) is 2.78. The number of hydrogen-bond acceptors (Lipinski definition) is 5. The summed E-state index contributed by atoms with van der Waals surface area (Å²) in [6.07, 6.45) is 1.44. The van der Waals surface area contributed by atoms with Gasteiger partial charge in [0.1, 0.15) is 11.8 Å². The molecule has 2 amide bonds. The molecule has 0 saturated carbocycles. The summed E-state index contributed by atoms with van der Waals surface area (Å²) < 4.78 is 5.34. The van der Waals surface area contributed by atoms with Gasteiger partial charge in [0, 0.05) is 16.3 Å². The van der Waals surface area contributed by atoms with Gasteiger partial charge in [-0.15, -0.1) is 0 Å². The molecule has 0 spiro atoms. The third-order valence-corrected chi connectivity index (χ3v) is 4.27. The lowest BCUT2D eigenvalue weighted by atomic mass is 10.2. The Kier molecular flexibility index (Phi) is 7.35. The minimum absolute atomic E-state index is 0.270. The lowest BCUT2D eigenvalue weighted by molar-refractivity contribution is -0.123. The summed E-state index contributed by atoms with van der Waals surface area (Å²) in [6, 6.07) is 22.2. The molecule has 0 aromatic heterocycles. The maximum Gasteiger partial charge on any atom is 0.277 e. The maximum atomic E-state index is 12.3. The number of nitriles is 1. The fourth-order valence-corrected chi connectivity index (χ4v) is 2.67. The molecule has 31 heavy (non-hydrogen) atoms. The van der Waals surface area contributed by atoms with Crippen LogP contribution < -0.4 is 15.5 Å². The Labute approximate surface area is 183 Å². The Bertz CT molecular complexity index is 1150. The van der Waals surface area contributed by atoms with E-state index in [4.69, 9.17) is 21.6 Å². The highest BCUT2D eigenvalue weighted by atomic mass is 35.5. The normalized spacial score (nSPS) is 10.3. The Morgan fingerprint density at radius 2 is 1.84 bits per heavy atom. The van der Waals surface area contributed by atoms with Crippen molar-refractivity contribution >= 4 is 35.3 Å². The van der Waals surface area contributed by atoms with E-state index in [1.54, 1.807) is 72.8 Å². The number of nitrogens with zero attached hydrogens (tertiary/aromatic N) is 2. The summed E-state index contributed by atoms with van der Waals surface area (Å²) in [5.74, 6) is -0.418. The number of para-hydroxylation sites is 1. The summed E-state index contributed by atoms with van der Waals surface area (Å²) in [5, 5.41) is 16.2. The van der Waals surface area contributed by atoms with Gasteiger partial charge < -0.3 is 10.1 Å². The monoisotopic (exact) mass is 432 g/mol. The highest BCUT2D eigenvalue weighted by Crippen LogP contribution is 2.16. The van der Waals surface area contributed by atoms with Crippen molar-refractivity contribution in [3.63, 3.8) is 0 Å². The highest BCUT2D eigenvalue weighted by Gasteiger charge is 2.07. The van der Waals surface area contributed by atoms with Crippen LogP contribution in [0.15, 0.2) is 77.9 Å². The summed E-state index contributed by atoms with van der Waals surface area (Å²) in [7, 11) is 0. The largest absolute Gasteiger partial charge is 0.482 e. The number of anilines is 1. The lowest BCUT2D eigenvalue weighted by Gasteiger charge is -2.07. The first-order valence-corrected chi connectivity index (χ1v) is 9.54. The van der Waals surface area contributed by atoms with Crippen LogP contribution in [0.25, 0.3) is 0 Å². The van der Waals surface area contributed by atoms with Crippen molar-refractivity contribution < 1.29 is 14.3 Å². The van der Waals surface area contributed by atoms with Crippen LogP contribution in [0, 0.1) is 11.3 Å². The Hall–Kier alpha value is -4.15. The first-order valence-electron chi connectivity index (χ1n) is 9.16. The van der Waals surface area contributed by atoms with E-state index in [2.05, 4.69) is 15.8 Å². The standard InChI is InChI=1S/C23H17ClN4O3/c24-19-10-8-17(9-11-19)23(30)27-20-6-3-4-16(12-20)14-26-28-22(29)15-31-21-7-2-1-5-18(21)13-25/h1-12,14H,15H2,(H,27,30)(H,28,29)/b26-14+. The zero-order valence-corrected chi connectivity index (χ0v) is 17.0. The van der Waals surface area contributed by atoms with Crippen LogP contribution in [0.5, 0.6) is 5.75 Å². The van der Waals surface area contributed by atoms with Gasteiger partial charge in [-0.3, -0.25) is 9.59 Å². The predicted molar refractivity (Wildman–Crippen MR) is 118 cm³/mol. The second kappa shape index (κ2) is 10.6. The minimum Gasteiger partial charge on any atom is -0.482 e. The van der Waals surface area contributed by atoms with Crippen molar-refractivity contribution in [2.24, 2.45) is 5.10 Å². The smallest absolute Gasteiger partial charge is 0.277 e. The molecule has 0 aliphatic carbocycles. The van der Waals surface area contributed by atoms with E-state index in [9.17, 15) is 9.59 Å². The van der Waals surface area contributed by atoms with E-state index < -0.39 is 5.91 Å². The molecule has 0 saturated heterocycles. The molecule has 0 aliphatic rings. The minimum atomic E-state index is -0.476. The second-order valence-electron chi connectivity index (χ2n) is 6.28. The van der Waals surface area contributed by atoms with Crippen LogP contribution in [-0.4, -0.2) is 24.6 Å². The van der Waals surface area contributed by atoms with E-state index in [1.807, 2.05) is 6.07 Å². The number of ether oxygens (including phenoxy) is 1. The molecule has 0 atom stereocenters. The van der Waals surface area contributed by atoms with Crippen molar-refractivity contribution in [2.45, 2.75) is 0 Å². The summed E-state index contributed by atoms with van der Waals surface area (Å²) >= 11 is 5.84. The lowest BCUT2D eigenvalue weighted by Crippen LogP contribution is -2.24. The van der Waals surface area contributed by atoms with Crippen LogP contribution in [0.4, 0.5) is 5.69 Å². The number of rotatable bonds is 7. The molecule has 0 radical (unpaired) electrons. The number of nitrogens with one attached hydrogen (secondary N) is 2. The maximum absolute atomic E-state index is 12.3. The van der Waals surface area contributed by atoms with Crippen molar-refractivity contribution in [3.8, 4) is 11.8 Å². The molecular formula is C23H17ClN4O3. The van der Waals surface area contributed by atoms with Gasteiger partial charge >= 0.3 is 0 Å². The quantitative estimate of drug-likeness (QED) is 0.435. The third-order valence-electron chi connectivity index (χ3n) is 4.02. The Morgan fingerprint density at radius 3 is 2.61 bits per heavy atom. The summed E-state index contributed by atoms with van der Waals surface area (Å²) in [5.41, 5.74) is 4.42. The molecule has 0 unspecified atom stereocenters. The van der Waals surface area contributed by atoms with Gasteiger partial charge in [-0.1, -0.05) is 35.9 Å². The van der Waals surface area contributed by atoms with Crippen LogP contribution in [0.3, 0.4) is 0 Å². The van der Waals surface area contributed by atoms with Crippen LogP contribution in [0.1, 0.15) is 21.5 Å². The molecule has 0 aliphatic heterocycles. The molecule has 2 N–H and O–H groups in total. The summed E-state index contributed by atoms with van der Waals surface area (Å²) in [4.78, 5) is 24.2. The van der Waals surface area contributed by atoms with Crippen LogP contribution >= 0.6 is 11.6 Å². The van der Waals surface area contributed by atoms with E-state index in [0.29, 0.717) is 33.1 Å². The predicted octanol–water partition coefficient (Wildman–Crippen LogP) is 3.99. The van der Waals surface area contributed by atoms with Gasteiger partial charge in [0.25, 0.3) is 11.8 Å². The third kappa shape index (κ3) is 6.42. The zero-order chi connectivity index (χ0) is 22.1. The number of amides is 2. The number of hydrogen-bond donors (Lipinski definition) is 2. The molecule has 3 aromatic carbocycles. The van der Waals surface area contributed by atoms with Crippen molar-refractivity contribution in [3.05, 3.63) is 94.5 Å². The molecule has 0 heterocycles. The molecule has 3 rings (SSSR count). The van der Waals surface area contributed by atoms with Gasteiger partial charge in [-0.25, -0.2) is 5.43 Å². The molecule has 3 aromatic rings. The van der Waals surface area contributed by atoms with Gasteiger partial charge in [0.2, 0.25) is 0 Å². The van der Waals surface area contributed by atoms with E-state index >= 15 is 0 Å². The zero-order valence-electron chi connectivity index (χ0n) is 16.2. The molecule has 0 bridgehead atoms. The van der Waals surface area contributed by atoms with Crippen molar-refractivity contribution in [2.75, 3.05) is 11.9 Å². The molecular weight excluding hydrogens is 416 g/mol. The van der Waals surface area contributed by atoms with Gasteiger partial charge in [-0.2, -0.15) is 10.4 Å². The van der Waals surface area contributed by atoms with Gasteiger partial charge in [0.15, 0.2) is 6.61 Å². The van der Waals surface area contributed by atoms with Crippen LogP contribution in [0.2, 0.25) is 5.02 Å². The molecule has 7 nitrogen and oxygen atoms in total. The first kappa shape index (κ1) is 21.6. The molecule has 0 fully saturated rings. The van der Waals surface area contributed by atoms with Crippen molar-refractivity contribution in [1.29, 1.82) is 5.26 Å². The Morgan fingerprint density at radius 1 is 1.06 bits per heavy atom.